The lowest BCUT2D eigenvalue weighted by molar-refractivity contribution is 0.0584. The van der Waals surface area contributed by atoms with E-state index in [1.54, 1.807) is 6.08 Å². The number of ether oxygens (including phenoxy) is 1. The highest BCUT2D eigenvalue weighted by atomic mass is 16.6. The first-order valence-corrected chi connectivity index (χ1v) is 6.69. The molecule has 4 heteroatoms. The first kappa shape index (κ1) is 16.2. The van der Waals surface area contributed by atoms with E-state index in [4.69, 9.17) is 9.84 Å². The van der Waals surface area contributed by atoms with Crippen LogP contribution in [0.15, 0.2) is 36.9 Å². The van der Waals surface area contributed by atoms with Crippen molar-refractivity contribution in [1.29, 1.82) is 0 Å². The topological polar surface area (TPSA) is 49.8 Å². The Kier molecular flexibility index (Phi) is 5.77. The van der Waals surface area contributed by atoms with Gasteiger partial charge in [0.15, 0.2) is 0 Å². The summed E-state index contributed by atoms with van der Waals surface area (Å²) in [5, 5.41) is 9.13. The summed E-state index contributed by atoms with van der Waals surface area (Å²) in [6.07, 6.45) is 1.73. The van der Waals surface area contributed by atoms with Gasteiger partial charge >= 0.3 is 6.09 Å². The van der Waals surface area contributed by atoms with Crippen molar-refractivity contribution in [3.8, 4) is 0 Å². The van der Waals surface area contributed by atoms with E-state index >= 15 is 0 Å². The van der Waals surface area contributed by atoms with E-state index in [1.807, 2.05) is 45.0 Å². The zero-order valence-corrected chi connectivity index (χ0v) is 12.4. The van der Waals surface area contributed by atoms with Crippen molar-refractivity contribution in [2.75, 3.05) is 18.1 Å². The maximum absolute atomic E-state index is 12.3. The molecule has 1 rings (SSSR count). The number of carbonyl (C=O) groups is 1. The predicted octanol–water partition coefficient (Wildman–Crippen LogP) is 3.15. The van der Waals surface area contributed by atoms with E-state index in [2.05, 4.69) is 6.58 Å². The van der Waals surface area contributed by atoms with E-state index in [1.165, 1.54) is 4.90 Å². The molecule has 0 fully saturated rings. The Morgan fingerprint density at radius 1 is 1.40 bits per heavy atom. The molecular weight excluding hydrogens is 254 g/mol. The van der Waals surface area contributed by atoms with Crippen molar-refractivity contribution in [2.24, 2.45) is 0 Å². The van der Waals surface area contributed by atoms with Crippen LogP contribution < -0.4 is 4.90 Å². The van der Waals surface area contributed by atoms with Crippen molar-refractivity contribution < 1.29 is 14.6 Å². The molecule has 0 aliphatic carbocycles. The first-order valence-electron chi connectivity index (χ1n) is 6.69. The van der Waals surface area contributed by atoms with Gasteiger partial charge in [-0.1, -0.05) is 24.3 Å². The van der Waals surface area contributed by atoms with Crippen LogP contribution in [0.2, 0.25) is 0 Å². The zero-order valence-electron chi connectivity index (χ0n) is 12.4. The fourth-order valence-electron chi connectivity index (χ4n) is 1.82. The number of nitrogens with zero attached hydrogens (tertiary/aromatic N) is 1. The molecule has 0 bridgehead atoms. The highest BCUT2D eigenvalue weighted by molar-refractivity contribution is 5.89. The average molecular weight is 277 g/mol. The second kappa shape index (κ2) is 7.10. The smallest absolute Gasteiger partial charge is 0.415 e. The third-order valence-corrected chi connectivity index (χ3v) is 2.59. The molecule has 0 aliphatic rings. The molecule has 1 amide bonds. The number of anilines is 1. The molecule has 4 nitrogen and oxygen atoms in total. The maximum Gasteiger partial charge on any atom is 0.415 e. The van der Waals surface area contributed by atoms with E-state index in [9.17, 15) is 4.79 Å². The first-order chi connectivity index (χ1) is 9.39. The maximum atomic E-state index is 12.3. The molecule has 0 unspecified atom stereocenters. The quantitative estimate of drug-likeness (QED) is 0.841. The number of carbonyl (C=O) groups excluding carboxylic acids is 1. The van der Waals surface area contributed by atoms with Crippen LogP contribution in [0.25, 0.3) is 0 Å². The molecule has 0 radical (unpaired) electrons. The summed E-state index contributed by atoms with van der Waals surface area (Å²) in [5.74, 6) is 0. The molecule has 0 heterocycles. The van der Waals surface area contributed by atoms with Crippen molar-refractivity contribution in [1.82, 2.24) is 0 Å². The SMILES string of the molecule is C=CCN(C(=O)OC(C)(C)C)c1ccccc1CCO. The van der Waals surface area contributed by atoms with Gasteiger partial charge in [0, 0.05) is 13.2 Å². The van der Waals surface area contributed by atoms with Gasteiger partial charge in [-0.2, -0.15) is 0 Å². The Morgan fingerprint density at radius 3 is 2.60 bits per heavy atom. The molecule has 110 valence electrons. The molecule has 0 aromatic heterocycles. The van der Waals surface area contributed by atoms with E-state index in [-0.39, 0.29) is 6.61 Å². The molecule has 20 heavy (non-hydrogen) atoms. The van der Waals surface area contributed by atoms with Crippen molar-refractivity contribution >= 4 is 11.8 Å². The molecule has 1 aromatic carbocycles. The lowest BCUT2D eigenvalue weighted by Gasteiger charge is -2.28. The lowest BCUT2D eigenvalue weighted by Crippen LogP contribution is -2.37. The Labute approximate surface area is 120 Å². The second-order valence-electron chi connectivity index (χ2n) is 5.48. The summed E-state index contributed by atoms with van der Waals surface area (Å²) in [5.41, 5.74) is 1.10. The van der Waals surface area contributed by atoms with Crippen LogP contribution in [0.4, 0.5) is 10.5 Å². The van der Waals surface area contributed by atoms with Gasteiger partial charge in [-0.3, -0.25) is 4.90 Å². The largest absolute Gasteiger partial charge is 0.443 e. The van der Waals surface area contributed by atoms with Crippen LogP contribution in [-0.2, 0) is 11.2 Å². The third kappa shape index (κ3) is 4.70. The van der Waals surface area contributed by atoms with E-state index in [0.717, 1.165) is 11.3 Å². The molecule has 1 aromatic rings. The highest BCUT2D eigenvalue weighted by Crippen LogP contribution is 2.23. The number of hydrogen-bond acceptors (Lipinski definition) is 3. The van der Waals surface area contributed by atoms with Crippen LogP contribution in [0.3, 0.4) is 0 Å². The normalized spacial score (nSPS) is 11.0. The standard InChI is InChI=1S/C16H23NO3/c1-5-11-17(15(19)20-16(2,3)4)14-9-7-6-8-13(14)10-12-18/h5-9,18H,1,10-12H2,2-4H3. The van der Waals surface area contributed by atoms with Crippen LogP contribution >= 0.6 is 0 Å². The van der Waals surface area contributed by atoms with Gasteiger partial charge in [-0.25, -0.2) is 4.79 Å². The molecule has 1 N–H and O–H groups in total. The summed E-state index contributed by atoms with van der Waals surface area (Å²) >= 11 is 0. The zero-order chi connectivity index (χ0) is 15.2. The summed E-state index contributed by atoms with van der Waals surface area (Å²) < 4.78 is 5.42. The number of rotatable bonds is 5. The number of amides is 1. The molecule has 0 spiro atoms. The van der Waals surface area contributed by atoms with Crippen LogP contribution in [-0.4, -0.2) is 30.0 Å². The minimum absolute atomic E-state index is 0.0350. The fraction of sp³-hybridized carbons (Fsp3) is 0.438. The second-order valence-corrected chi connectivity index (χ2v) is 5.48. The summed E-state index contributed by atoms with van der Waals surface area (Å²) in [7, 11) is 0. The van der Waals surface area contributed by atoms with Gasteiger partial charge in [-0.05, 0) is 38.8 Å². The van der Waals surface area contributed by atoms with Crippen molar-refractivity contribution in [3.05, 3.63) is 42.5 Å². The molecule has 0 atom stereocenters. The average Bonchev–Trinajstić information content (AvgIpc) is 2.35. The fourth-order valence-corrected chi connectivity index (χ4v) is 1.82. The van der Waals surface area contributed by atoms with Crippen LogP contribution in [0, 0.1) is 0 Å². The van der Waals surface area contributed by atoms with Crippen LogP contribution in [0.5, 0.6) is 0 Å². The Morgan fingerprint density at radius 2 is 2.05 bits per heavy atom. The van der Waals surface area contributed by atoms with Gasteiger partial charge < -0.3 is 9.84 Å². The summed E-state index contributed by atoms with van der Waals surface area (Å²) in [6.45, 7) is 9.57. The van der Waals surface area contributed by atoms with Crippen molar-refractivity contribution in [3.63, 3.8) is 0 Å². The molecule has 0 aliphatic heterocycles. The van der Waals surface area contributed by atoms with E-state index in [0.29, 0.717) is 13.0 Å². The van der Waals surface area contributed by atoms with Gasteiger partial charge in [0.2, 0.25) is 0 Å². The summed E-state index contributed by atoms with van der Waals surface area (Å²) in [6, 6.07) is 7.48. The molecule has 0 saturated heterocycles. The Balaban J connectivity index is 3.07. The number of benzene rings is 1. The monoisotopic (exact) mass is 277 g/mol. The van der Waals surface area contributed by atoms with Gasteiger partial charge in [-0.15, -0.1) is 6.58 Å². The molecule has 0 saturated carbocycles. The van der Waals surface area contributed by atoms with E-state index < -0.39 is 11.7 Å². The van der Waals surface area contributed by atoms with Crippen molar-refractivity contribution in [2.45, 2.75) is 32.8 Å². The predicted molar refractivity (Wildman–Crippen MR) is 81.0 cm³/mol. The number of aliphatic hydroxyl groups excluding tert-OH is 1. The number of para-hydroxylation sites is 1. The summed E-state index contributed by atoms with van der Waals surface area (Å²) in [4.78, 5) is 13.8. The van der Waals surface area contributed by atoms with Gasteiger partial charge in [0.25, 0.3) is 0 Å². The van der Waals surface area contributed by atoms with Gasteiger partial charge in [0.05, 0.1) is 5.69 Å². The minimum Gasteiger partial charge on any atom is -0.443 e. The Hall–Kier alpha value is -1.81. The minimum atomic E-state index is -0.553. The molecular formula is C16H23NO3. The van der Waals surface area contributed by atoms with Gasteiger partial charge in [0.1, 0.15) is 5.60 Å². The third-order valence-electron chi connectivity index (χ3n) is 2.59. The Bertz CT molecular complexity index is 463. The van der Waals surface area contributed by atoms with Crippen LogP contribution in [0.1, 0.15) is 26.3 Å². The number of aliphatic hydroxyl groups is 1. The number of hydrogen-bond donors (Lipinski definition) is 1. The highest BCUT2D eigenvalue weighted by Gasteiger charge is 2.23. The lowest BCUT2D eigenvalue weighted by atomic mass is 10.1.